The summed E-state index contributed by atoms with van der Waals surface area (Å²) in [5, 5.41) is 39.5. The molecular formula is C9H11N2NaO8Se. The molecule has 1 aromatic rings. The van der Waals surface area contributed by atoms with Crippen LogP contribution in [-0.4, -0.2) is 68.1 Å². The minimum Gasteiger partial charge on any atom is 1.00 e. The van der Waals surface area contributed by atoms with Crippen molar-refractivity contribution in [3.05, 3.63) is 16.7 Å². The smallest absolute Gasteiger partial charge is 1.00 e. The average molecular weight is 377 g/mol. The first kappa shape index (κ1) is 18.8. The Balaban J connectivity index is 0.00000220. The summed E-state index contributed by atoms with van der Waals surface area (Å²) >= 11 is -3.62. The first-order valence-electron chi connectivity index (χ1n) is 5.40. The molecule has 21 heavy (non-hydrogen) atoms. The number of hydrogen-bond donors (Lipinski definition) is 4. The van der Waals surface area contributed by atoms with E-state index in [0.717, 1.165) is 6.20 Å². The molecule has 1 saturated heterocycles. The van der Waals surface area contributed by atoms with Crippen LogP contribution < -0.4 is 44.8 Å². The number of aliphatic hydroxyl groups is 3. The van der Waals surface area contributed by atoms with Crippen LogP contribution in [0.3, 0.4) is 0 Å². The van der Waals surface area contributed by atoms with Crippen molar-refractivity contribution in [3.8, 4) is 5.88 Å². The maximum absolute atomic E-state index is 11.6. The molecule has 0 saturated carbocycles. The van der Waals surface area contributed by atoms with Crippen LogP contribution in [0.5, 0.6) is 5.88 Å². The molecular weight excluding hydrogens is 366 g/mol. The Morgan fingerprint density at radius 3 is 2.52 bits per heavy atom. The SMILES string of the molecule is O=c1nc([O-])c([Se](=O)O)cn1[C@@H]1O[C@H](CO)[C@@H](O)[C@H]1O.[Na+]. The van der Waals surface area contributed by atoms with E-state index in [9.17, 15) is 23.9 Å². The molecule has 2 rings (SSSR count). The molecule has 0 aliphatic carbocycles. The van der Waals surface area contributed by atoms with Crippen LogP contribution in [0.2, 0.25) is 0 Å². The van der Waals surface area contributed by atoms with E-state index in [1.807, 2.05) is 0 Å². The van der Waals surface area contributed by atoms with Crippen molar-refractivity contribution in [2.24, 2.45) is 0 Å². The van der Waals surface area contributed by atoms with E-state index in [0.29, 0.717) is 4.57 Å². The van der Waals surface area contributed by atoms with Gasteiger partial charge >= 0.3 is 145 Å². The van der Waals surface area contributed by atoms with Gasteiger partial charge in [-0.15, -0.1) is 0 Å². The van der Waals surface area contributed by atoms with E-state index in [1.165, 1.54) is 0 Å². The first-order valence-corrected chi connectivity index (χ1v) is 7.72. The molecule has 0 aromatic carbocycles. The first-order chi connectivity index (χ1) is 9.36. The summed E-state index contributed by atoms with van der Waals surface area (Å²) in [6.07, 6.45) is -4.76. The zero-order valence-electron chi connectivity index (χ0n) is 10.8. The van der Waals surface area contributed by atoms with E-state index in [4.69, 9.17) is 14.0 Å². The van der Waals surface area contributed by atoms with E-state index in [1.54, 1.807) is 0 Å². The van der Waals surface area contributed by atoms with Crippen LogP contribution in [0.4, 0.5) is 0 Å². The molecule has 4 N–H and O–H groups in total. The van der Waals surface area contributed by atoms with Crippen molar-refractivity contribution >= 4 is 18.6 Å². The Morgan fingerprint density at radius 2 is 2.05 bits per heavy atom. The molecule has 1 unspecified atom stereocenters. The molecule has 0 amide bonds. The maximum Gasteiger partial charge on any atom is 1.00 e. The number of hydrogen-bond acceptors (Lipinski definition) is 8. The molecule has 10 nitrogen and oxygen atoms in total. The summed E-state index contributed by atoms with van der Waals surface area (Å²) in [5.41, 5.74) is -1.10. The fourth-order valence-electron chi connectivity index (χ4n) is 1.85. The maximum atomic E-state index is 11.6. The van der Waals surface area contributed by atoms with Crippen LogP contribution >= 0.6 is 0 Å². The molecule has 1 aromatic heterocycles. The van der Waals surface area contributed by atoms with Crippen molar-refractivity contribution in [2.75, 3.05) is 6.61 Å². The Kier molecular flexibility index (Phi) is 6.62. The van der Waals surface area contributed by atoms with Gasteiger partial charge in [0.05, 0.1) is 0 Å². The third kappa shape index (κ3) is 3.59. The quantitative estimate of drug-likeness (QED) is 0.374. The fraction of sp³-hybridized carbons (Fsp3) is 0.556. The Bertz CT molecular complexity index is 596. The topological polar surface area (TPSA) is 165 Å². The zero-order valence-corrected chi connectivity index (χ0v) is 14.5. The number of rotatable bonds is 3. The predicted molar refractivity (Wildman–Crippen MR) is 59.2 cm³/mol. The summed E-state index contributed by atoms with van der Waals surface area (Å²) in [6.45, 7) is -0.596. The molecule has 5 atom stereocenters. The van der Waals surface area contributed by atoms with E-state index >= 15 is 0 Å². The van der Waals surface area contributed by atoms with Crippen LogP contribution in [0.25, 0.3) is 0 Å². The second-order valence-corrected chi connectivity index (χ2v) is 6.05. The van der Waals surface area contributed by atoms with Gasteiger partial charge in [-0.2, -0.15) is 0 Å². The Labute approximate surface area is 144 Å². The van der Waals surface area contributed by atoms with E-state index in [2.05, 4.69) is 4.98 Å². The predicted octanol–water partition coefficient (Wildman–Crippen LogP) is -7.95. The molecule has 12 heteroatoms. The van der Waals surface area contributed by atoms with Crippen molar-refractivity contribution in [1.29, 1.82) is 0 Å². The van der Waals surface area contributed by atoms with E-state index < -0.39 is 61.3 Å². The van der Waals surface area contributed by atoms with Crippen LogP contribution in [0.15, 0.2) is 11.0 Å². The summed E-state index contributed by atoms with van der Waals surface area (Å²) < 4.78 is 25.2. The second-order valence-electron chi connectivity index (χ2n) is 4.08. The molecule has 1 aliphatic heterocycles. The minimum absolute atomic E-state index is 0. The number of nitrogens with zero attached hydrogens (tertiary/aromatic N) is 2. The third-order valence-electron chi connectivity index (χ3n) is 2.86. The molecule has 112 valence electrons. The Morgan fingerprint density at radius 1 is 1.43 bits per heavy atom. The molecule has 2 heterocycles. The van der Waals surface area contributed by atoms with Crippen LogP contribution in [0.1, 0.15) is 6.23 Å². The fourth-order valence-corrected chi connectivity index (χ4v) is 2.69. The van der Waals surface area contributed by atoms with Gasteiger partial charge in [-0.25, -0.2) is 0 Å². The third-order valence-corrected chi connectivity index (χ3v) is 4.24. The van der Waals surface area contributed by atoms with Gasteiger partial charge in [-0.3, -0.25) is 0 Å². The van der Waals surface area contributed by atoms with Crippen molar-refractivity contribution in [2.45, 2.75) is 24.5 Å². The van der Waals surface area contributed by atoms with Gasteiger partial charge in [0.25, 0.3) is 0 Å². The van der Waals surface area contributed by atoms with Gasteiger partial charge in [0.1, 0.15) is 0 Å². The summed E-state index contributed by atoms with van der Waals surface area (Å²) in [4.78, 5) is 14.6. The number of aliphatic hydroxyl groups excluding tert-OH is 3. The number of ether oxygens (including phenoxy) is 1. The second kappa shape index (κ2) is 7.38. The molecule has 0 spiro atoms. The molecule has 0 bridgehead atoms. The van der Waals surface area contributed by atoms with Gasteiger partial charge in [-0.05, 0) is 0 Å². The monoisotopic (exact) mass is 378 g/mol. The van der Waals surface area contributed by atoms with Gasteiger partial charge in [0, 0.05) is 0 Å². The van der Waals surface area contributed by atoms with Crippen LogP contribution in [0, 0.1) is 0 Å². The summed E-state index contributed by atoms with van der Waals surface area (Å²) in [5.74, 6) is -1.12. The standard InChI is InChI=1S/C9H12N2O8Se.Na/c12-2-3-5(13)6(14)8(19-3)11-1-4(20(17)18)7(15)10-9(11)16;/h1,3,5-6,8,12-14H,2H2,(H,17,18)(H,10,15,16);/q;+1/p-1/t3-,5-,6-,8-;/m1./s1. The van der Waals surface area contributed by atoms with Gasteiger partial charge in [0.15, 0.2) is 0 Å². The van der Waals surface area contributed by atoms with Crippen molar-refractivity contribution in [1.82, 2.24) is 9.55 Å². The summed E-state index contributed by atoms with van der Waals surface area (Å²) in [6, 6.07) is 0. The van der Waals surface area contributed by atoms with Crippen LogP contribution in [-0.2, 0) is 8.57 Å². The molecule has 0 radical (unpaired) electrons. The van der Waals surface area contributed by atoms with Crippen molar-refractivity contribution in [3.63, 3.8) is 0 Å². The molecule has 1 fully saturated rings. The van der Waals surface area contributed by atoms with Gasteiger partial charge in [0.2, 0.25) is 0 Å². The van der Waals surface area contributed by atoms with Crippen molar-refractivity contribution < 1.29 is 62.7 Å². The van der Waals surface area contributed by atoms with E-state index in [-0.39, 0.29) is 29.6 Å². The van der Waals surface area contributed by atoms with Gasteiger partial charge in [-0.1, -0.05) is 0 Å². The van der Waals surface area contributed by atoms with Gasteiger partial charge < -0.3 is 0 Å². The Hall–Kier alpha value is -0.201. The summed E-state index contributed by atoms with van der Waals surface area (Å²) in [7, 11) is 0. The number of aromatic nitrogens is 2. The zero-order chi connectivity index (χ0) is 15.0. The largest absolute Gasteiger partial charge is 1.00 e. The minimum atomic E-state index is -3.62. The normalized spacial score (nSPS) is 29.9. The average Bonchev–Trinajstić information content (AvgIpc) is 2.66. The molecule has 1 aliphatic rings.